The molecule has 22 heavy (non-hydrogen) atoms. The highest BCUT2D eigenvalue weighted by atomic mass is 16.5. The molecule has 2 aromatic rings. The second-order valence-corrected chi connectivity index (χ2v) is 5.22. The highest BCUT2D eigenvalue weighted by molar-refractivity contribution is 5.78. The monoisotopic (exact) mass is 299 g/mol. The van der Waals surface area contributed by atoms with Gasteiger partial charge in [-0.2, -0.15) is 0 Å². The van der Waals surface area contributed by atoms with Gasteiger partial charge in [0, 0.05) is 26.8 Å². The van der Waals surface area contributed by atoms with Crippen molar-refractivity contribution in [3.63, 3.8) is 0 Å². The van der Waals surface area contributed by atoms with Crippen molar-refractivity contribution in [3.05, 3.63) is 53.7 Å². The average molecular weight is 299 g/mol. The topological polar surface area (TPSA) is 54.5 Å². The molecule has 0 radical (unpaired) electrons. The molecule has 1 aromatic heterocycles. The first-order chi connectivity index (χ1) is 10.6. The van der Waals surface area contributed by atoms with Gasteiger partial charge < -0.3 is 15.0 Å². The smallest absolute Gasteiger partial charge is 0.224 e. The molecule has 5 heteroatoms. The second kappa shape index (κ2) is 7.45. The molecule has 1 heterocycles. The normalized spacial score (nSPS) is 10.1. The fourth-order valence-electron chi connectivity index (χ4n) is 2.01. The Morgan fingerprint density at radius 3 is 2.55 bits per heavy atom. The van der Waals surface area contributed by atoms with Crippen LogP contribution in [0.1, 0.15) is 11.1 Å². The minimum Gasteiger partial charge on any atom is -0.497 e. The van der Waals surface area contributed by atoms with Crippen molar-refractivity contribution in [2.45, 2.75) is 13.0 Å². The minimum absolute atomic E-state index is 0.00613. The van der Waals surface area contributed by atoms with E-state index in [1.165, 1.54) is 0 Å². The van der Waals surface area contributed by atoms with E-state index in [1.807, 2.05) is 55.4 Å². The number of amides is 1. The van der Waals surface area contributed by atoms with Crippen molar-refractivity contribution in [1.29, 1.82) is 0 Å². The predicted octanol–water partition coefficient (Wildman–Crippen LogP) is 2.02. The number of aromatic nitrogens is 1. The lowest BCUT2D eigenvalue weighted by Gasteiger charge is -2.12. The largest absolute Gasteiger partial charge is 0.497 e. The van der Waals surface area contributed by atoms with Crippen LogP contribution < -0.4 is 15.0 Å². The lowest BCUT2D eigenvalue weighted by molar-refractivity contribution is -0.120. The number of nitrogens with zero attached hydrogens (tertiary/aromatic N) is 2. The molecule has 0 fully saturated rings. The van der Waals surface area contributed by atoms with Gasteiger partial charge in [0.15, 0.2) is 0 Å². The molecular formula is C17H21N3O2. The van der Waals surface area contributed by atoms with Crippen LogP contribution in [0.3, 0.4) is 0 Å². The SMILES string of the molecule is COc1ccc(CC(=O)NCc2ccnc(N(C)C)c2)cc1. The average Bonchev–Trinajstić information content (AvgIpc) is 2.54. The van der Waals surface area contributed by atoms with E-state index < -0.39 is 0 Å². The van der Waals surface area contributed by atoms with E-state index in [4.69, 9.17) is 4.74 Å². The third-order valence-electron chi connectivity index (χ3n) is 3.28. The Hall–Kier alpha value is -2.56. The molecule has 1 amide bonds. The maximum Gasteiger partial charge on any atom is 0.224 e. The van der Waals surface area contributed by atoms with Gasteiger partial charge in [-0.1, -0.05) is 12.1 Å². The van der Waals surface area contributed by atoms with Crippen molar-refractivity contribution in [2.24, 2.45) is 0 Å². The summed E-state index contributed by atoms with van der Waals surface area (Å²) in [6, 6.07) is 11.4. The first kappa shape index (κ1) is 15.8. The Morgan fingerprint density at radius 1 is 1.18 bits per heavy atom. The number of rotatable bonds is 6. The number of hydrogen-bond donors (Lipinski definition) is 1. The van der Waals surface area contributed by atoms with Gasteiger partial charge in [-0.25, -0.2) is 4.98 Å². The van der Waals surface area contributed by atoms with Crippen LogP contribution in [-0.4, -0.2) is 32.1 Å². The Labute approximate surface area is 130 Å². The maximum atomic E-state index is 12.0. The molecule has 1 aromatic carbocycles. The van der Waals surface area contributed by atoms with E-state index in [1.54, 1.807) is 13.3 Å². The van der Waals surface area contributed by atoms with Gasteiger partial charge in [0.2, 0.25) is 5.91 Å². The van der Waals surface area contributed by atoms with E-state index in [0.29, 0.717) is 13.0 Å². The van der Waals surface area contributed by atoms with E-state index in [9.17, 15) is 4.79 Å². The van der Waals surface area contributed by atoms with Crippen molar-refractivity contribution in [3.8, 4) is 5.75 Å². The van der Waals surface area contributed by atoms with Crippen LogP contribution in [0.5, 0.6) is 5.75 Å². The third kappa shape index (κ3) is 4.48. The van der Waals surface area contributed by atoms with Crippen LogP contribution in [0.15, 0.2) is 42.6 Å². The molecule has 0 spiro atoms. The van der Waals surface area contributed by atoms with Gasteiger partial charge >= 0.3 is 0 Å². The molecular weight excluding hydrogens is 278 g/mol. The first-order valence-electron chi connectivity index (χ1n) is 7.10. The number of pyridine rings is 1. The summed E-state index contributed by atoms with van der Waals surface area (Å²) < 4.78 is 5.10. The standard InChI is InChI=1S/C17H21N3O2/c1-20(2)16-10-14(8-9-18-16)12-19-17(21)11-13-4-6-15(22-3)7-5-13/h4-10H,11-12H2,1-3H3,(H,19,21). The van der Waals surface area contributed by atoms with E-state index >= 15 is 0 Å². The van der Waals surface area contributed by atoms with Gasteiger partial charge in [-0.05, 0) is 35.4 Å². The summed E-state index contributed by atoms with van der Waals surface area (Å²) >= 11 is 0. The van der Waals surface area contributed by atoms with Crippen LogP contribution in [-0.2, 0) is 17.8 Å². The summed E-state index contributed by atoms with van der Waals surface area (Å²) in [5.74, 6) is 1.66. The van der Waals surface area contributed by atoms with E-state index in [-0.39, 0.29) is 5.91 Å². The fraction of sp³-hybridized carbons (Fsp3) is 0.294. The summed E-state index contributed by atoms with van der Waals surface area (Å²) in [7, 11) is 5.50. The second-order valence-electron chi connectivity index (χ2n) is 5.22. The highest BCUT2D eigenvalue weighted by Gasteiger charge is 2.05. The van der Waals surface area contributed by atoms with E-state index in [2.05, 4.69) is 10.3 Å². The van der Waals surface area contributed by atoms with Crippen molar-refractivity contribution in [1.82, 2.24) is 10.3 Å². The van der Waals surface area contributed by atoms with E-state index in [0.717, 1.165) is 22.7 Å². The Kier molecular flexibility index (Phi) is 5.36. The maximum absolute atomic E-state index is 12.0. The molecule has 0 aliphatic rings. The van der Waals surface area contributed by atoms with Crippen LogP contribution in [0.4, 0.5) is 5.82 Å². The van der Waals surface area contributed by atoms with Gasteiger partial charge in [-0.15, -0.1) is 0 Å². The molecule has 0 aliphatic heterocycles. The molecule has 0 aliphatic carbocycles. The van der Waals surface area contributed by atoms with Crippen molar-refractivity contribution < 1.29 is 9.53 Å². The lowest BCUT2D eigenvalue weighted by Crippen LogP contribution is -2.24. The molecule has 116 valence electrons. The molecule has 1 N–H and O–H groups in total. The number of carbonyl (C=O) groups is 1. The number of anilines is 1. The fourth-order valence-corrected chi connectivity index (χ4v) is 2.01. The number of carbonyl (C=O) groups excluding carboxylic acids is 1. The van der Waals surface area contributed by atoms with Crippen molar-refractivity contribution in [2.75, 3.05) is 26.1 Å². The summed E-state index contributed by atoms with van der Waals surface area (Å²) in [4.78, 5) is 18.2. The Bertz CT molecular complexity index is 624. The predicted molar refractivity (Wildman–Crippen MR) is 87.1 cm³/mol. The Balaban J connectivity index is 1.88. The van der Waals surface area contributed by atoms with Crippen LogP contribution in [0.2, 0.25) is 0 Å². The Morgan fingerprint density at radius 2 is 1.91 bits per heavy atom. The molecule has 0 unspecified atom stereocenters. The molecule has 5 nitrogen and oxygen atoms in total. The zero-order valence-corrected chi connectivity index (χ0v) is 13.2. The number of hydrogen-bond acceptors (Lipinski definition) is 4. The summed E-state index contributed by atoms with van der Waals surface area (Å²) in [5, 5.41) is 2.93. The summed E-state index contributed by atoms with van der Waals surface area (Å²) in [6.45, 7) is 0.498. The number of methoxy groups -OCH3 is 1. The van der Waals surface area contributed by atoms with Gasteiger partial charge in [0.05, 0.1) is 13.5 Å². The molecule has 2 rings (SSSR count). The molecule has 0 saturated heterocycles. The zero-order valence-electron chi connectivity index (χ0n) is 13.2. The van der Waals surface area contributed by atoms with Crippen LogP contribution in [0.25, 0.3) is 0 Å². The highest BCUT2D eigenvalue weighted by Crippen LogP contribution is 2.12. The molecule has 0 atom stereocenters. The lowest BCUT2D eigenvalue weighted by atomic mass is 10.1. The third-order valence-corrected chi connectivity index (χ3v) is 3.28. The van der Waals surface area contributed by atoms with Gasteiger partial charge in [0.25, 0.3) is 0 Å². The molecule has 0 saturated carbocycles. The summed E-state index contributed by atoms with van der Waals surface area (Å²) in [5.41, 5.74) is 1.99. The minimum atomic E-state index is -0.00613. The molecule has 0 bridgehead atoms. The van der Waals surface area contributed by atoms with Gasteiger partial charge in [-0.3, -0.25) is 4.79 Å². The van der Waals surface area contributed by atoms with Crippen LogP contribution >= 0.6 is 0 Å². The number of ether oxygens (including phenoxy) is 1. The zero-order chi connectivity index (χ0) is 15.9. The van der Waals surface area contributed by atoms with Gasteiger partial charge in [0.1, 0.15) is 11.6 Å². The first-order valence-corrected chi connectivity index (χ1v) is 7.10. The van der Waals surface area contributed by atoms with Crippen LogP contribution in [0, 0.1) is 0 Å². The summed E-state index contributed by atoms with van der Waals surface area (Å²) in [6.07, 6.45) is 2.11. The number of nitrogens with one attached hydrogen (secondary N) is 1. The number of benzene rings is 1. The quantitative estimate of drug-likeness (QED) is 0.886. The van der Waals surface area contributed by atoms with Crippen molar-refractivity contribution >= 4 is 11.7 Å².